The number of nitriles is 1. The van der Waals surface area contributed by atoms with Crippen LogP contribution in [-0.4, -0.2) is 41.3 Å². The minimum atomic E-state index is -0.377. The van der Waals surface area contributed by atoms with Gasteiger partial charge in [0.1, 0.15) is 0 Å². The number of carbonyl (C=O) groups excluding carboxylic acids is 1. The van der Waals surface area contributed by atoms with Crippen molar-refractivity contribution in [1.82, 2.24) is 15.1 Å². The summed E-state index contributed by atoms with van der Waals surface area (Å²) in [5.74, 6) is -0.510. The van der Waals surface area contributed by atoms with Gasteiger partial charge in [0.2, 0.25) is 0 Å². The van der Waals surface area contributed by atoms with E-state index in [1.54, 1.807) is 18.1 Å². The summed E-state index contributed by atoms with van der Waals surface area (Å²) in [6.07, 6.45) is 0. The normalized spacial score (nSPS) is 14.3. The lowest BCUT2D eigenvalue weighted by atomic mass is 9.95. The van der Waals surface area contributed by atoms with E-state index in [1.807, 2.05) is 25.1 Å². The van der Waals surface area contributed by atoms with Gasteiger partial charge in [-0.1, -0.05) is 12.1 Å². The van der Waals surface area contributed by atoms with Gasteiger partial charge in [-0.15, -0.1) is 0 Å². The molecule has 1 aromatic heterocycles. The van der Waals surface area contributed by atoms with Crippen molar-refractivity contribution >= 4 is 22.5 Å². The number of benzene rings is 2. The highest BCUT2D eigenvalue weighted by atomic mass is 16.5. The molecule has 3 N–H and O–H groups in total. The van der Waals surface area contributed by atoms with Crippen molar-refractivity contribution in [1.29, 1.82) is 5.26 Å². The molecule has 0 spiro atoms. The standard InChI is InChI=1S/C21H21N5O2/c1-12-16-7-14(3-6-19(16)25-24-12)15-4-5-18(23)20-17(15)10-26(21(20)27)9-13(8-22)11-28-2/h3-7,13H,9-11,23H2,1-2H3,(H,24,25). The van der Waals surface area contributed by atoms with Crippen LogP contribution < -0.4 is 5.73 Å². The van der Waals surface area contributed by atoms with Crippen LogP contribution in [0.15, 0.2) is 30.3 Å². The van der Waals surface area contributed by atoms with Crippen LogP contribution in [0.25, 0.3) is 22.0 Å². The Morgan fingerprint density at radius 1 is 1.39 bits per heavy atom. The van der Waals surface area contributed by atoms with Crippen LogP contribution in [0, 0.1) is 24.2 Å². The van der Waals surface area contributed by atoms with E-state index in [9.17, 15) is 10.1 Å². The Morgan fingerprint density at radius 3 is 2.96 bits per heavy atom. The summed E-state index contributed by atoms with van der Waals surface area (Å²) < 4.78 is 5.08. The highest BCUT2D eigenvalue weighted by Gasteiger charge is 2.33. The Bertz CT molecular complexity index is 1110. The number of aromatic amines is 1. The molecule has 0 saturated heterocycles. The number of nitrogens with one attached hydrogen (secondary N) is 1. The van der Waals surface area contributed by atoms with E-state index >= 15 is 0 Å². The van der Waals surface area contributed by atoms with Gasteiger partial charge in [0, 0.05) is 31.3 Å². The van der Waals surface area contributed by atoms with E-state index in [0.29, 0.717) is 24.3 Å². The number of methoxy groups -OCH3 is 1. The molecule has 0 radical (unpaired) electrons. The van der Waals surface area contributed by atoms with Crippen LogP contribution in [0.4, 0.5) is 5.69 Å². The molecule has 28 heavy (non-hydrogen) atoms. The number of rotatable bonds is 5. The Labute approximate surface area is 162 Å². The monoisotopic (exact) mass is 375 g/mol. The van der Waals surface area contributed by atoms with E-state index in [-0.39, 0.29) is 18.4 Å². The van der Waals surface area contributed by atoms with E-state index in [1.165, 1.54) is 0 Å². The van der Waals surface area contributed by atoms with Gasteiger partial charge in [-0.2, -0.15) is 10.4 Å². The number of ether oxygens (including phenoxy) is 1. The lowest BCUT2D eigenvalue weighted by Crippen LogP contribution is -2.31. The fraction of sp³-hybridized carbons (Fsp3) is 0.286. The van der Waals surface area contributed by atoms with Crippen molar-refractivity contribution in [2.24, 2.45) is 5.92 Å². The molecule has 1 unspecified atom stereocenters. The number of nitrogen functional groups attached to an aromatic ring is 1. The molecular formula is C21H21N5O2. The van der Waals surface area contributed by atoms with Crippen LogP contribution in [-0.2, 0) is 11.3 Å². The maximum atomic E-state index is 13.0. The molecule has 0 fully saturated rings. The molecule has 4 rings (SSSR count). The van der Waals surface area contributed by atoms with Gasteiger partial charge in [0.05, 0.1) is 35.4 Å². The van der Waals surface area contributed by atoms with Gasteiger partial charge in [0.15, 0.2) is 0 Å². The zero-order valence-electron chi connectivity index (χ0n) is 15.8. The molecule has 0 saturated carbocycles. The summed E-state index contributed by atoms with van der Waals surface area (Å²) in [6.45, 7) is 2.99. The summed E-state index contributed by atoms with van der Waals surface area (Å²) in [5.41, 5.74) is 11.9. The number of H-pyrrole nitrogens is 1. The largest absolute Gasteiger partial charge is 0.398 e. The molecule has 0 bridgehead atoms. The van der Waals surface area contributed by atoms with E-state index < -0.39 is 0 Å². The van der Waals surface area contributed by atoms with Gasteiger partial charge < -0.3 is 15.4 Å². The summed E-state index contributed by atoms with van der Waals surface area (Å²) in [5, 5.41) is 17.6. The highest BCUT2D eigenvalue weighted by molar-refractivity contribution is 6.05. The highest BCUT2D eigenvalue weighted by Crippen LogP contribution is 2.37. The summed E-state index contributed by atoms with van der Waals surface area (Å²) >= 11 is 0. The predicted octanol–water partition coefficient (Wildman–Crippen LogP) is 2.86. The fourth-order valence-corrected chi connectivity index (χ4v) is 3.83. The first-order valence-electron chi connectivity index (χ1n) is 9.07. The number of nitrogens with zero attached hydrogens (tertiary/aromatic N) is 3. The predicted molar refractivity (Wildman–Crippen MR) is 106 cm³/mol. The molecule has 2 aromatic carbocycles. The SMILES string of the molecule is COCC(C#N)CN1Cc2c(-c3ccc4[nH]nc(C)c4c3)ccc(N)c2C1=O. The average molecular weight is 375 g/mol. The van der Waals surface area contributed by atoms with Crippen molar-refractivity contribution in [2.75, 3.05) is 26.0 Å². The number of fused-ring (bicyclic) bond motifs is 2. The van der Waals surface area contributed by atoms with Crippen molar-refractivity contribution in [3.63, 3.8) is 0 Å². The van der Waals surface area contributed by atoms with Crippen LogP contribution >= 0.6 is 0 Å². The number of hydrogen-bond acceptors (Lipinski definition) is 5. The third-order valence-corrected chi connectivity index (χ3v) is 5.25. The molecule has 7 nitrogen and oxygen atoms in total. The summed E-state index contributed by atoms with van der Waals surface area (Å²) in [6, 6.07) is 12.0. The Balaban J connectivity index is 1.75. The number of nitrogens with two attached hydrogens (primary N) is 1. The van der Waals surface area contributed by atoms with Crippen molar-refractivity contribution in [3.05, 3.63) is 47.2 Å². The van der Waals surface area contributed by atoms with Crippen LogP contribution in [0.3, 0.4) is 0 Å². The third-order valence-electron chi connectivity index (χ3n) is 5.25. The maximum absolute atomic E-state index is 13.0. The number of carbonyl (C=O) groups is 1. The first kappa shape index (κ1) is 18.0. The Morgan fingerprint density at radius 2 is 2.21 bits per heavy atom. The lowest BCUT2D eigenvalue weighted by molar-refractivity contribution is 0.0732. The van der Waals surface area contributed by atoms with E-state index in [2.05, 4.69) is 22.3 Å². The molecule has 1 aliphatic heterocycles. The number of hydrogen-bond donors (Lipinski definition) is 2. The third kappa shape index (κ3) is 2.88. The second kappa shape index (κ2) is 6.98. The Hall–Kier alpha value is -3.37. The molecule has 3 aromatic rings. The first-order chi connectivity index (χ1) is 13.5. The lowest BCUT2D eigenvalue weighted by Gasteiger charge is -2.18. The van der Waals surface area contributed by atoms with Crippen molar-refractivity contribution < 1.29 is 9.53 Å². The molecule has 1 amide bonds. The second-order valence-electron chi connectivity index (χ2n) is 7.09. The average Bonchev–Trinajstić information content (AvgIpc) is 3.22. The second-order valence-corrected chi connectivity index (χ2v) is 7.09. The van der Waals surface area contributed by atoms with Crippen molar-refractivity contribution in [2.45, 2.75) is 13.5 Å². The van der Waals surface area contributed by atoms with Crippen LogP contribution in [0.1, 0.15) is 21.6 Å². The summed E-state index contributed by atoms with van der Waals surface area (Å²) in [7, 11) is 1.55. The first-order valence-corrected chi connectivity index (χ1v) is 9.07. The Kier molecular flexibility index (Phi) is 4.49. The quantitative estimate of drug-likeness (QED) is 0.667. The van der Waals surface area contributed by atoms with E-state index in [4.69, 9.17) is 10.5 Å². The summed E-state index contributed by atoms with van der Waals surface area (Å²) in [4.78, 5) is 14.6. The van der Waals surface area contributed by atoms with Gasteiger partial charge in [0.25, 0.3) is 5.91 Å². The minimum absolute atomic E-state index is 0.133. The van der Waals surface area contributed by atoms with Gasteiger partial charge in [-0.25, -0.2) is 0 Å². The number of aromatic nitrogens is 2. The smallest absolute Gasteiger partial charge is 0.256 e. The molecule has 142 valence electrons. The zero-order chi connectivity index (χ0) is 19.8. The molecule has 1 aliphatic rings. The number of anilines is 1. The minimum Gasteiger partial charge on any atom is -0.398 e. The molecule has 1 atom stereocenters. The van der Waals surface area contributed by atoms with Crippen LogP contribution in [0.5, 0.6) is 0 Å². The topological polar surface area (TPSA) is 108 Å². The van der Waals surface area contributed by atoms with Gasteiger partial charge >= 0.3 is 0 Å². The molecular weight excluding hydrogens is 354 g/mol. The van der Waals surface area contributed by atoms with Crippen molar-refractivity contribution in [3.8, 4) is 17.2 Å². The fourth-order valence-electron chi connectivity index (χ4n) is 3.83. The van der Waals surface area contributed by atoms with Crippen LogP contribution in [0.2, 0.25) is 0 Å². The number of amides is 1. The maximum Gasteiger partial charge on any atom is 0.256 e. The molecule has 2 heterocycles. The molecule has 7 heteroatoms. The van der Waals surface area contributed by atoms with E-state index in [0.717, 1.165) is 33.3 Å². The molecule has 0 aliphatic carbocycles. The zero-order valence-corrected chi connectivity index (χ0v) is 15.8. The van der Waals surface area contributed by atoms with Gasteiger partial charge in [-0.3, -0.25) is 9.89 Å². The van der Waals surface area contributed by atoms with Gasteiger partial charge in [-0.05, 0) is 41.8 Å². The number of aryl methyl sites for hydroxylation is 1.